The monoisotopic (exact) mass is 310 g/mol. The average Bonchev–Trinajstić information content (AvgIpc) is 2.60. The first-order valence-electron chi connectivity index (χ1n) is 7.23. The summed E-state index contributed by atoms with van der Waals surface area (Å²) in [6, 6.07) is 10.8. The average molecular weight is 310 g/mol. The number of nitrogens with zero attached hydrogens (tertiary/aromatic N) is 1. The number of H-pyrrole nitrogens is 1. The van der Waals surface area contributed by atoms with Gasteiger partial charge in [0.15, 0.2) is 5.75 Å². The van der Waals surface area contributed by atoms with E-state index in [4.69, 9.17) is 14.2 Å². The molecule has 3 aromatic rings. The zero-order valence-corrected chi connectivity index (χ0v) is 12.5. The van der Waals surface area contributed by atoms with Crippen LogP contribution < -0.4 is 19.8 Å². The van der Waals surface area contributed by atoms with Crippen LogP contribution in [0.4, 0.5) is 0 Å². The number of fused-ring (bicyclic) bond motifs is 2. The van der Waals surface area contributed by atoms with Gasteiger partial charge < -0.3 is 19.2 Å². The van der Waals surface area contributed by atoms with Gasteiger partial charge in [-0.25, -0.2) is 4.98 Å². The number of rotatable bonds is 2. The Labute approximate surface area is 131 Å². The van der Waals surface area contributed by atoms with E-state index in [0.29, 0.717) is 47.4 Å². The van der Waals surface area contributed by atoms with E-state index in [0.717, 1.165) is 5.39 Å². The first kappa shape index (κ1) is 13.6. The Hall–Kier alpha value is -3.02. The summed E-state index contributed by atoms with van der Waals surface area (Å²) in [5.41, 5.74) is 1.07. The van der Waals surface area contributed by atoms with Gasteiger partial charge in [0.1, 0.15) is 19.0 Å². The highest BCUT2D eigenvalue weighted by molar-refractivity contribution is 5.86. The van der Waals surface area contributed by atoms with Crippen molar-refractivity contribution in [3.63, 3.8) is 0 Å². The van der Waals surface area contributed by atoms with Crippen LogP contribution in [0.3, 0.4) is 0 Å². The second-order valence-electron chi connectivity index (χ2n) is 5.16. The van der Waals surface area contributed by atoms with E-state index < -0.39 is 0 Å². The predicted molar refractivity (Wildman–Crippen MR) is 85.3 cm³/mol. The second kappa shape index (κ2) is 5.31. The summed E-state index contributed by atoms with van der Waals surface area (Å²) < 4.78 is 16.2. The molecular formula is C17H14N2O4. The van der Waals surface area contributed by atoms with Crippen LogP contribution in [0.2, 0.25) is 0 Å². The zero-order chi connectivity index (χ0) is 15.8. The summed E-state index contributed by atoms with van der Waals surface area (Å²) in [6.45, 7) is 0.982. The number of nitrogens with one attached hydrogen (secondary N) is 1. The maximum atomic E-state index is 12.3. The maximum Gasteiger partial charge on any atom is 0.257 e. The molecule has 6 heteroatoms. The first-order valence-corrected chi connectivity index (χ1v) is 7.23. The minimum Gasteiger partial charge on any atom is -0.497 e. The van der Waals surface area contributed by atoms with Gasteiger partial charge in [-0.05, 0) is 41.8 Å². The normalized spacial score (nSPS) is 13.1. The summed E-state index contributed by atoms with van der Waals surface area (Å²) >= 11 is 0. The first-order chi connectivity index (χ1) is 11.2. The molecule has 2 aromatic heterocycles. The Morgan fingerprint density at radius 1 is 1.13 bits per heavy atom. The molecule has 1 aliphatic rings. The van der Waals surface area contributed by atoms with Gasteiger partial charge in [-0.2, -0.15) is 0 Å². The standard InChI is InChI=1S/C17H14N2O4/c1-21-11-2-3-12-10(8-11)9-14(18-16(12)20)13-4-5-15-17(19-13)23-7-6-22-15/h2-5,8-9H,6-7H2,1H3,(H,18,20). The van der Waals surface area contributed by atoms with E-state index in [-0.39, 0.29) is 5.56 Å². The van der Waals surface area contributed by atoms with Crippen molar-refractivity contribution in [2.45, 2.75) is 0 Å². The van der Waals surface area contributed by atoms with Crippen molar-refractivity contribution in [3.8, 4) is 28.8 Å². The molecule has 23 heavy (non-hydrogen) atoms. The number of methoxy groups -OCH3 is 1. The minimum absolute atomic E-state index is 0.170. The van der Waals surface area contributed by atoms with Gasteiger partial charge in [0.25, 0.3) is 11.4 Å². The Balaban J connectivity index is 1.86. The largest absolute Gasteiger partial charge is 0.497 e. The topological polar surface area (TPSA) is 73.4 Å². The van der Waals surface area contributed by atoms with Gasteiger partial charge in [0.05, 0.1) is 18.5 Å². The van der Waals surface area contributed by atoms with Gasteiger partial charge in [-0.1, -0.05) is 0 Å². The number of hydrogen-bond acceptors (Lipinski definition) is 5. The molecule has 0 radical (unpaired) electrons. The third kappa shape index (κ3) is 2.38. The molecule has 1 aromatic carbocycles. The quantitative estimate of drug-likeness (QED) is 0.786. The molecule has 0 fully saturated rings. The van der Waals surface area contributed by atoms with Crippen LogP contribution in [0, 0.1) is 0 Å². The lowest BCUT2D eigenvalue weighted by molar-refractivity contribution is 0.164. The Morgan fingerprint density at radius 2 is 2.00 bits per heavy atom. The molecule has 0 bridgehead atoms. The van der Waals surface area contributed by atoms with Crippen LogP contribution >= 0.6 is 0 Å². The summed E-state index contributed by atoms with van der Waals surface area (Å²) in [6.07, 6.45) is 0. The molecule has 3 heterocycles. The lowest BCUT2D eigenvalue weighted by atomic mass is 10.1. The minimum atomic E-state index is -0.170. The molecular weight excluding hydrogens is 296 g/mol. The second-order valence-corrected chi connectivity index (χ2v) is 5.16. The molecule has 0 saturated carbocycles. The van der Waals surface area contributed by atoms with Gasteiger partial charge in [0.2, 0.25) is 0 Å². The lowest BCUT2D eigenvalue weighted by Crippen LogP contribution is -2.16. The number of hydrogen-bond donors (Lipinski definition) is 1. The summed E-state index contributed by atoms with van der Waals surface area (Å²) in [4.78, 5) is 19.6. The molecule has 0 amide bonds. The molecule has 0 saturated heterocycles. The molecule has 0 aliphatic carbocycles. The van der Waals surface area contributed by atoms with Crippen molar-refractivity contribution in [2.75, 3.05) is 20.3 Å². The molecule has 0 spiro atoms. The van der Waals surface area contributed by atoms with Crippen molar-refractivity contribution >= 4 is 10.8 Å². The summed E-state index contributed by atoms with van der Waals surface area (Å²) in [7, 11) is 1.59. The van der Waals surface area contributed by atoms with E-state index >= 15 is 0 Å². The lowest BCUT2D eigenvalue weighted by Gasteiger charge is -2.17. The molecule has 1 aliphatic heterocycles. The highest BCUT2D eigenvalue weighted by atomic mass is 16.6. The highest BCUT2D eigenvalue weighted by Gasteiger charge is 2.15. The third-order valence-electron chi connectivity index (χ3n) is 3.73. The smallest absolute Gasteiger partial charge is 0.257 e. The van der Waals surface area contributed by atoms with Gasteiger partial charge in [-0.3, -0.25) is 4.79 Å². The third-order valence-corrected chi connectivity index (χ3v) is 3.73. The SMILES string of the molecule is COc1ccc2c(=O)[nH]c(-c3ccc4c(n3)OCCO4)cc2c1. The van der Waals surface area contributed by atoms with Crippen LogP contribution in [0.1, 0.15) is 0 Å². The predicted octanol–water partition coefficient (Wildman–Crippen LogP) is 2.37. The molecule has 6 nitrogen and oxygen atoms in total. The fourth-order valence-corrected chi connectivity index (χ4v) is 2.59. The van der Waals surface area contributed by atoms with E-state index in [1.54, 1.807) is 31.4 Å². The summed E-state index contributed by atoms with van der Waals surface area (Å²) in [5.74, 6) is 1.76. The van der Waals surface area contributed by atoms with Crippen molar-refractivity contribution in [1.29, 1.82) is 0 Å². The van der Waals surface area contributed by atoms with Crippen molar-refractivity contribution in [2.24, 2.45) is 0 Å². The van der Waals surface area contributed by atoms with E-state index in [2.05, 4.69) is 9.97 Å². The molecule has 116 valence electrons. The van der Waals surface area contributed by atoms with Crippen LogP contribution in [-0.2, 0) is 0 Å². The molecule has 4 rings (SSSR count). The maximum absolute atomic E-state index is 12.3. The number of aromatic nitrogens is 2. The Morgan fingerprint density at radius 3 is 2.87 bits per heavy atom. The number of pyridine rings is 2. The molecule has 1 N–H and O–H groups in total. The van der Waals surface area contributed by atoms with Crippen LogP contribution in [0.5, 0.6) is 17.4 Å². The van der Waals surface area contributed by atoms with Crippen LogP contribution in [0.15, 0.2) is 41.2 Å². The summed E-state index contributed by atoms with van der Waals surface area (Å²) in [5, 5.41) is 1.40. The Bertz CT molecular complexity index is 949. The number of ether oxygens (including phenoxy) is 3. The van der Waals surface area contributed by atoms with Crippen LogP contribution in [-0.4, -0.2) is 30.3 Å². The van der Waals surface area contributed by atoms with E-state index in [1.165, 1.54) is 0 Å². The van der Waals surface area contributed by atoms with Gasteiger partial charge >= 0.3 is 0 Å². The molecule has 0 atom stereocenters. The highest BCUT2D eigenvalue weighted by Crippen LogP contribution is 2.31. The molecule has 0 unspecified atom stereocenters. The van der Waals surface area contributed by atoms with Crippen molar-refractivity contribution in [3.05, 3.63) is 46.8 Å². The number of aromatic amines is 1. The Kier molecular flexibility index (Phi) is 3.15. The van der Waals surface area contributed by atoms with E-state index in [1.807, 2.05) is 12.1 Å². The number of benzene rings is 1. The fourth-order valence-electron chi connectivity index (χ4n) is 2.59. The van der Waals surface area contributed by atoms with Crippen molar-refractivity contribution in [1.82, 2.24) is 9.97 Å². The zero-order valence-electron chi connectivity index (χ0n) is 12.5. The van der Waals surface area contributed by atoms with E-state index in [9.17, 15) is 4.79 Å². The fraction of sp³-hybridized carbons (Fsp3) is 0.176. The van der Waals surface area contributed by atoms with Gasteiger partial charge in [-0.15, -0.1) is 0 Å². The van der Waals surface area contributed by atoms with Gasteiger partial charge in [0, 0.05) is 5.39 Å². The van der Waals surface area contributed by atoms with Crippen molar-refractivity contribution < 1.29 is 14.2 Å². The van der Waals surface area contributed by atoms with Crippen LogP contribution in [0.25, 0.3) is 22.2 Å².